The van der Waals surface area contributed by atoms with Crippen LogP contribution in [0.4, 0.5) is 0 Å². The largest absolute Gasteiger partial charge is 0.483 e. The van der Waals surface area contributed by atoms with Gasteiger partial charge in [-0.3, -0.25) is 9.55 Å². The lowest BCUT2D eigenvalue weighted by molar-refractivity contribution is 0.279. The molecule has 0 aliphatic carbocycles. The lowest BCUT2D eigenvalue weighted by atomic mass is 10.2. The average Bonchev–Trinajstić information content (AvgIpc) is 2.92. The van der Waals surface area contributed by atoms with Crippen molar-refractivity contribution in [1.29, 1.82) is 0 Å². The molecule has 0 N–H and O–H groups in total. The molecule has 0 bridgehead atoms. The van der Waals surface area contributed by atoms with Crippen LogP contribution in [-0.4, -0.2) is 19.7 Å². The van der Waals surface area contributed by atoms with Crippen LogP contribution in [0, 0.1) is 0 Å². The Kier molecular flexibility index (Phi) is 2.11. The molecule has 0 saturated heterocycles. The second-order valence-electron chi connectivity index (χ2n) is 4.27. The summed E-state index contributed by atoms with van der Waals surface area (Å²) in [5.74, 6) is 2.44. The number of para-hydroxylation sites is 2. The van der Waals surface area contributed by atoms with Crippen LogP contribution in [-0.2, 0) is 6.61 Å². The fraction of sp³-hybridized carbons (Fsp3) is 0.0714. The lowest BCUT2D eigenvalue weighted by Gasteiger charge is -2.19. The van der Waals surface area contributed by atoms with Gasteiger partial charge in [-0.25, -0.2) is 0 Å². The van der Waals surface area contributed by atoms with Crippen molar-refractivity contribution in [2.24, 2.45) is 0 Å². The first-order chi connectivity index (χ1) is 9.43. The number of rotatable bonds is 1. The van der Waals surface area contributed by atoms with Crippen molar-refractivity contribution >= 4 is 0 Å². The molecule has 0 radical (unpaired) electrons. The summed E-state index contributed by atoms with van der Waals surface area (Å²) >= 11 is 0. The van der Waals surface area contributed by atoms with Crippen LogP contribution in [0.5, 0.6) is 5.75 Å². The van der Waals surface area contributed by atoms with E-state index in [2.05, 4.69) is 15.2 Å². The van der Waals surface area contributed by atoms with Crippen LogP contribution in [0.2, 0.25) is 0 Å². The molecule has 0 spiro atoms. The molecule has 0 unspecified atom stereocenters. The van der Waals surface area contributed by atoms with Crippen molar-refractivity contribution in [3.63, 3.8) is 0 Å². The van der Waals surface area contributed by atoms with Crippen LogP contribution in [0.25, 0.3) is 17.1 Å². The second kappa shape index (κ2) is 3.91. The number of aromatic nitrogens is 4. The Bertz CT molecular complexity index is 736. The summed E-state index contributed by atoms with van der Waals surface area (Å²) in [5, 5.41) is 8.45. The molecular weight excluding hydrogens is 240 g/mol. The molecule has 19 heavy (non-hydrogen) atoms. The molecule has 2 aromatic heterocycles. The van der Waals surface area contributed by atoms with Crippen LogP contribution < -0.4 is 4.74 Å². The highest BCUT2D eigenvalue weighted by molar-refractivity contribution is 5.61. The van der Waals surface area contributed by atoms with E-state index in [4.69, 9.17) is 4.74 Å². The van der Waals surface area contributed by atoms with E-state index >= 15 is 0 Å². The highest BCUT2D eigenvalue weighted by atomic mass is 16.5. The summed E-state index contributed by atoms with van der Waals surface area (Å²) in [6.45, 7) is 0.435. The smallest absolute Gasteiger partial charge is 0.176 e. The maximum atomic E-state index is 5.66. The summed E-state index contributed by atoms with van der Waals surface area (Å²) in [6.07, 6.45) is 3.53. The first-order valence-corrected chi connectivity index (χ1v) is 6.00. The standard InChI is InChI=1S/C14H10N4O/c1-2-6-12-11(5-1)18-13(9-19-12)16-17-14(18)10-4-3-7-15-8-10/h1-8H,9H2. The van der Waals surface area contributed by atoms with E-state index in [1.54, 1.807) is 12.4 Å². The molecule has 4 rings (SSSR count). The second-order valence-corrected chi connectivity index (χ2v) is 4.27. The minimum absolute atomic E-state index is 0.435. The van der Waals surface area contributed by atoms with Gasteiger partial charge in [0, 0.05) is 18.0 Å². The fourth-order valence-corrected chi connectivity index (χ4v) is 2.25. The highest BCUT2D eigenvalue weighted by Gasteiger charge is 2.22. The Morgan fingerprint density at radius 1 is 1.05 bits per heavy atom. The van der Waals surface area contributed by atoms with Gasteiger partial charge in [0.2, 0.25) is 0 Å². The van der Waals surface area contributed by atoms with Crippen LogP contribution in [0.15, 0.2) is 48.8 Å². The average molecular weight is 250 g/mol. The minimum atomic E-state index is 0.435. The van der Waals surface area contributed by atoms with Gasteiger partial charge < -0.3 is 4.74 Å². The van der Waals surface area contributed by atoms with Gasteiger partial charge in [0.15, 0.2) is 11.6 Å². The van der Waals surface area contributed by atoms with Crippen molar-refractivity contribution in [1.82, 2.24) is 19.7 Å². The van der Waals surface area contributed by atoms with Gasteiger partial charge in [-0.15, -0.1) is 10.2 Å². The van der Waals surface area contributed by atoms with Gasteiger partial charge in [0.1, 0.15) is 12.4 Å². The van der Waals surface area contributed by atoms with Crippen molar-refractivity contribution in [3.05, 3.63) is 54.6 Å². The van der Waals surface area contributed by atoms with Gasteiger partial charge in [-0.05, 0) is 24.3 Å². The summed E-state index contributed by atoms with van der Waals surface area (Å²) in [6, 6.07) is 11.7. The quantitative estimate of drug-likeness (QED) is 0.664. The number of pyridine rings is 1. The molecule has 0 atom stereocenters. The first-order valence-electron chi connectivity index (χ1n) is 6.00. The van der Waals surface area contributed by atoms with Crippen LogP contribution in [0.1, 0.15) is 5.82 Å². The Labute approximate surface area is 109 Å². The Hall–Kier alpha value is -2.69. The van der Waals surface area contributed by atoms with Crippen molar-refractivity contribution in [2.45, 2.75) is 6.61 Å². The Balaban J connectivity index is 1.97. The van der Waals surface area contributed by atoms with Gasteiger partial charge in [0.05, 0.1) is 5.69 Å². The monoisotopic (exact) mass is 250 g/mol. The molecule has 1 aromatic carbocycles. The first kappa shape index (κ1) is 10.3. The Morgan fingerprint density at radius 3 is 2.89 bits per heavy atom. The number of nitrogens with zero attached hydrogens (tertiary/aromatic N) is 4. The zero-order chi connectivity index (χ0) is 12.7. The van der Waals surface area contributed by atoms with Gasteiger partial charge >= 0.3 is 0 Å². The predicted molar refractivity (Wildman–Crippen MR) is 68.9 cm³/mol. The molecule has 0 amide bonds. The van der Waals surface area contributed by atoms with E-state index in [1.807, 2.05) is 41.0 Å². The van der Waals surface area contributed by atoms with Crippen molar-refractivity contribution < 1.29 is 4.74 Å². The summed E-state index contributed by atoms with van der Waals surface area (Å²) in [5.41, 5.74) is 1.91. The highest BCUT2D eigenvalue weighted by Crippen LogP contribution is 2.32. The minimum Gasteiger partial charge on any atom is -0.483 e. The maximum Gasteiger partial charge on any atom is 0.176 e. The van der Waals surface area contributed by atoms with E-state index in [9.17, 15) is 0 Å². The Morgan fingerprint density at radius 2 is 2.00 bits per heavy atom. The summed E-state index contributed by atoms with van der Waals surface area (Å²) in [4.78, 5) is 4.13. The molecule has 1 aliphatic rings. The normalized spacial score (nSPS) is 12.4. The zero-order valence-corrected chi connectivity index (χ0v) is 10.0. The van der Waals surface area contributed by atoms with Gasteiger partial charge in [-0.2, -0.15) is 0 Å². The van der Waals surface area contributed by atoms with Crippen molar-refractivity contribution in [3.8, 4) is 22.8 Å². The third kappa shape index (κ3) is 1.52. The number of hydrogen-bond donors (Lipinski definition) is 0. The predicted octanol–water partition coefficient (Wildman–Crippen LogP) is 2.22. The van der Waals surface area contributed by atoms with Gasteiger partial charge in [0.25, 0.3) is 0 Å². The van der Waals surface area contributed by atoms with E-state index < -0.39 is 0 Å². The third-order valence-corrected chi connectivity index (χ3v) is 3.11. The third-order valence-electron chi connectivity index (χ3n) is 3.11. The van der Waals surface area contributed by atoms with Gasteiger partial charge in [-0.1, -0.05) is 12.1 Å². The number of hydrogen-bond acceptors (Lipinski definition) is 4. The zero-order valence-electron chi connectivity index (χ0n) is 10.0. The summed E-state index contributed by atoms with van der Waals surface area (Å²) < 4.78 is 7.68. The molecule has 0 fully saturated rings. The maximum absolute atomic E-state index is 5.66. The number of fused-ring (bicyclic) bond motifs is 3. The topological polar surface area (TPSA) is 52.8 Å². The molecule has 3 heterocycles. The SMILES string of the molecule is c1cncc(-c2nnc3n2-c2ccccc2OC3)c1. The molecule has 3 aromatic rings. The molecule has 92 valence electrons. The van der Waals surface area contributed by atoms with Crippen LogP contribution in [0.3, 0.4) is 0 Å². The molecular formula is C14H10N4O. The summed E-state index contributed by atoms with van der Waals surface area (Å²) in [7, 11) is 0. The molecule has 5 heteroatoms. The van der Waals surface area contributed by atoms with E-state index in [0.717, 1.165) is 28.6 Å². The van der Waals surface area contributed by atoms with E-state index in [1.165, 1.54) is 0 Å². The fourth-order valence-electron chi connectivity index (χ4n) is 2.25. The molecule has 0 saturated carbocycles. The molecule has 5 nitrogen and oxygen atoms in total. The lowest BCUT2D eigenvalue weighted by Crippen LogP contribution is -2.13. The number of benzene rings is 1. The van der Waals surface area contributed by atoms with E-state index in [0.29, 0.717) is 6.61 Å². The molecule has 1 aliphatic heterocycles. The van der Waals surface area contributed by atoms with Crippen molar-refractivity contribution in [2.75, 3.05) is 0 Å². The van der Waals surface area contributed by atoms with E-state index in [-0.39, 0.29) is 0 Å². The number of ether oxygens (including phenoxy) is 1. The van der Waals surface area contributed by atoms with Crippen LogP contribution >= 0.6 is 0 Å².